The highest BCUT2D eigenvalue weighted by molar-refractivity contribution is 5.70. The van der Waals surface area contributed by atoms with Crippen LogP contribution in [0.15, 0.2) is 18.2 Å². The highest BCUT2D eigenvalue weighted by Crippen LogP contribution is 2.32. The summed E-state index contributed by atoms with van der Waals surface area (Å²) in [6.45, 7) is 1.80. The smallest absolute Gasteiger partial charge is 0.145 e. The summed E-state index contributed by atoms with van der Waals surface area (Å²) >= 11 is 0. The molecule has 0 saturated carbocycles. The number of H-pyrrole nitrogens is 1. The Kier molecular flexibility index (Phi) is 2.52. The number of nitrogens with one attached hydrogen (secondary N) is 1. The van der Waals surface area contributed by atoms with Crippen molar-refractivity contribution in [2.75, 3.05) is 12.8 Å². The molecule has 1 heterocycles. The molecular formula is C11H12FN3O. The highest BCUT2D eigenvalue weighted by Gasteiger charge is 2.14. The summed E-state index contributed by atoms with van der Waals surface area (Å²) in [5.41, 5.74) is 7.13. The van der Waals surface area contributed by atoms with E-state index in [0.29, 0.717) is 22.8 Å². The van der Waals surface area contributed by atoms with Crippen LogP contribution in [0.4, 0.5) is 10.2 Å². The molecule has 4 nitrogen and oxygen atoms in total. The Morgan fingerprint density at radius 3 is 2.69 bits per heavy atom. The number of halogens is 1. The minimum absolute atomic E-state index is 0.317. The Hall–Kier alpha value is -2.04. The second-order valence-corrected chi connectivity index (χ2v) is 3.53. The number of rotatable bonds is 2. The maximum atomic E-state index is 13.8. The molecule has 0 aliphatic rings. The molecule has 0 amide bonds. The zero-order chi connectivity index (χ0) is 11.7. The molecule has 16 heavy (non-hydrogen) atoms. The standard InChI is InChI=1S/C11H12FN3O/c1-6-3-7(12)11(9(4-6)16-2)8-5-10(13)15-14-8/h3-5H,1-2H3,(H3,13,14,15). The van der Waals surface area contributed by atoms with Crippen molar-refractivity contribution in [2.24, 2.45) is 0 Å². The van der Waals surface area contributed by atoms with E-state index in [-0.39, 0.29) is 5.82 Å². The van der Waals surface area contributed by atoms with Crippen molar-refractivity contribution in [3.05, 3.63) is 29.6 Å². The predicted octanol–water partition coefficient (Wildman–Crippen LogP) is 2.12. The van der Waals surface area contributed by atoms with Crippen LogP contribution >= 0.6 is 0 Å². The topological polar surface area (TPSA) is 63.9 Å². The van der Waals surface area contributed by atoms with Gasteiger partial charge in [0.2, 0.25) is 0 Å². The second kappa shape index (κ2) is 3.84. The van der Waals surface area contributed by atoms with Crippen molar-refractivity contribution in [3.8, 4) is 17.0 Å². The number of ether oxygens (including phenoxy) is 1. The van der Waals surface area contributed by atoms with Gasteiger partial charge in [-0.15, -0.1) is 0 Å². The summed E-state index contributed by atoms with van der Waals surface area (Å²) in [5, 5.41) is 6.42. The Morgan fingerprint density at radius 2 is 2.12 bits per heavy atom. The molecule has 0 radical (unpaired) electrons. The first-order valence-electron chi connectivity index (χ1n) is 4.77. The third-order valence-electron chi connectivity index (χ3n) is 2.29. The second-order valence-electron chi connectivity index (χ2n) is 3.53. The van der Waals surface area contributed by atoms with Crippen LogP contribution in [-0.4, -0.2) is 17.3 Å². The monoisotopic (exact) mass is 221 g/mol. The molecule has 0 bridgehead atoms. The summed E-state index contributed by atoms with van der Waals surface area (Å²) in [5.74, 6) is 0.415. The quantitative estimate of drug-likeness (QED) is 0.816. The molecule has 0 aliphatic heterocycles. The number of anilines is 1. The summed E-state index contributed by atoms with van der Waals surface area (Å²) in [4.78, 5) is 0. The van der Waals surface area contributed by atoms with Gasteiger partial charge in [0.15, 0.2) is 0 Å². The molecule has 0 unspecified atom stereocenters. The zero-order valence-corrected chi connectivity index (χ0v) is 9.04. The number of aryl methyl sites for hydroxylation is 1. The van der Waals surface area contributed by atoms with Crippen LogP contribution in [0.25, 0.3) is 11.3 Å². The molecule has 84 valence electrons. The van der Waals surface area contributed by atoms with Crippen LogP contribution in [0.5, 0.6) is 5.75 Å². The van der Waals surface area contributed by atoms with Crippen LogP contribution in [0.2, 0.25) is 0 Å². The third kappa shape index (κ3) is 1.71. The lowest BCUT2D eigenvalue weighted by Gasteiger charge is -2.08. The van der Waals surface area contributed by atoms with Crippen molar-refractivity contribution in [1.82, 2.24) is 10.2 Å². The lowest BCUT2D eigenvalue weighted by Crippen LogP contribution is -1.93. The molecule has 3 N–H and O–H groups in total. The maximum absolute atomic E-state index is 13.8. The van der Waals surface area contributed by atoms with Crippen molar-refractivity contribution < 1.29 is 9.13 Å². The van der Waals surface area contributed by atoms with E-state index in [4.69, 9.17) is 10.5 Å². The average molecular weight is 221 g/mol. The largest absolute Gasteiger partial charge is 0.496 e. The molecule has 2 aromatic rings. The summed E-state index contributed by atoms with van der Waals surface area (Å²) < 4.78 is 19.0. The molecule has 0 saturated heterocycles. The Bertz CT molecular complexity index is 522. The molecular weight excluding hydrogens is 209 g/mol. The first kappa shape index (κ1) is 10.5. The van der Waals surface area contributed by atoms with Gasteiger partial charge in [-0.25, -0.2) is 4.39 Å². The molecule has 1 aromatic heterocycles. The number of nitrogens with two attached hydrogens (primary N) is 1. The van der Waals surface area contributed by atoms with Crippen LogP contribution in [0.3, 0.4) is 0 Å². The number of benzene rings is 1. The normalized spacial score (nSPS) is 10.4. The van der Waals surface area contributed by atoms with Crippen LogP contribution < -0.4 is 10.5 Å². The number of hydrogen-bond acceptors (Lipinski definition) is 3. The fourth-order valence-electron chi connectivity index (χ4n) is 1.60. The van der Waals surface area contributed by atoms with Gasteiger partial charge in [-0.3, -0.25) is 5.10 Å². The van der Waals surface area contributed by atoms with E-state index in [1.807, 2.05) is 0 Å². The average Bonchev–Trinajstić information content (AvgIpc) is 2.63. The zero-order valence-electron chi connectivity index (χ0n) is 9.04. The minimum atomic E-state index is -0.361. The lowest BCUT2D eigenvalue weighted by molar-refractivity contribution is 0.413. The predicted molar refractivity (Wildman–Crippen MR) is 59.7 cm³/mol. The van der Waals surface area contributed by atoms with Gasteiger partial charge < -0.3 is 10.5 Å². The Morgan fingerprint density at radius 1 is 1.38 bits per heavy atom. The highest BCUT2D eigenvalue weighted by atomic mass is 19.1. The van der Waals surface area contributed by atoms with Crippen LogP contribution in [0, 0.1) is 12.7 Å². The molecule has 0 atom stereocenters. The number of nitrogens with zero attached hydrogens (tertiary/aromatic N) is 1. The minimum Gasteiger partial charge on any atom is -0.496 e. The van der Waals surface area contributed by atoms with Gasteiger partial charge in [0.1, 0.15) is 17.4 Å². The fourth-order valence-corrected chi connectivity index (χ4v) is 1.60. The van der Waals surface area contributed by atoms with E-state index in [1.165, 1.54) is 13.2 Å². The molecule has 1 aromatic carbocycles. The van der Waals surface area contributed by atoms with Crippen molar-refractivity contribution in [3.63, 3.8) is 0 Å². The molecule has 0 spiro atoms. The number of methoxy groups -OCH3 is 1. The van der Waals surface area contributed by atoms with Gasteiger partial charge in [-0.05, 0) is 24.6 Å². The molecule has 5 heteroatoms. The van der Waals surface area contributed by atoms with Crippen molar-refractivity contribution >= 4 is 5.82 Å². The van der Waals surface area contributed by atoms with Gasteiger partial charge in [0.05, 0.1) is 18.4 Å². The fraction of sp³-hybridized carbons (Fsp3) is 0.182. The van der Waals surface area contributed by atoms with Gasteiger partial charge in [0.25, 0.3) is 0 Å². The van der Waals surface area contributed by atoms with Gasteiger partial charge >= 0.3 is 0 Å². The number of aromatic nitrogens is 2. The first-order chi connectivity index (χ1) is 7.61. The van der Waals surface area contributed by atoms with Crippen molar-refractivity contribution in [1.29, 1.82) is 0 Å². The van der Waals surface area contributed by atoms with E-state index in [9.17, 15) is 4.39 Å². The Balaban J connectivity index is 2.63. The van der Waals surface area contributed by atoms with Crippen molar-refractivity contribution in [2.45, 2.75) is 6.92 Å². The van der Waals surface area contributed by atoms with E-state index in [0.717, 1.165) is 5.56 Å². The van der Waals surface area contributed by atoms with Gasteiger partial charge in [-0.1, -0.05) is 0 Å². The van der Waals surface area contributed by atoms with E-state index in [2.05, 4.69) is 10.2 Å². The Labute approximate surface area is 92.2 Å². The van der Waals surface area contributed by atoms with E-state index >= 15 is 0 Å². The lowest BCUT2D eigenvalue weighted by atomic mass is 10.1. The van der Waals surface area contributed by atoms with Crippen LogP contribution in [0.1, 0.15) is 5.56 Å². The number of nitrogen functional groups attached to an aromatic ring is 1. The van der Waals surface area contributed by atoms with Gasteiger partial charge in [-0.2, -0.15) is 5.10 Å². The number of aromatic amines is 1. The van der Waals surface area contributed by atoms with Crippen LogP contribution in [-0.2, 0) is 0 Å². The summed E-state index contributed by atoms with van der Waals surface area (Å²) in [6.07, 6.45) is 0. The first-order valence-corrected chi connectivity index (χ1v) is 4.77. The summed E-state index contributed by atoms with van der Waals surface area (Å²) in [7, 11) is 1.50. The molecule has 0 aliphatic carbocycles. The van der Waals surface area contributed by atoms with Gasteiger partial charge in [0, 0.05) is 6.07 Å². The summed E-state index contributed by atoms with van der Waals surface area (Å²) in [6, 6.07) is 4.76. The number of hydrogen-bond donors (Lipinski definition) is 2. The maximum Gasteiger partial charge on any atom is 0.145 e. The third-order valence-corrected chi connectivity index (χ3v) is 2.29. The van der Waals surface area contributed by atoms with E-state index < -0.39 is 0 Å². The van der Waals surface area contributed by atoms with E-state index in [1.54, 1.807) is 19.1 Å². The molecule has 0 fully saturated rings. The molecule has 2 rings (SSSR count). The SMILES string of the molecule is COc1cc(C)cc(F)c1-c1cc(N)n[nH]1.